The number of methoxy groups -OCH3 is 1. The van der Waals surface area contributed by atoms with Gasteiger partial charge in [-0.05, 0) is 44.3 Å². The van der Waals surface area contributed by atoms with Crippen molar-refractivity contribution in [3.8, 4) is 11.5 Å². The van der Waals surface area contributed by atoms with Gasteiger partial charge in [-0.25, -0.2) is 0 Å². The molecule has 1 aromatic rings. The fourth-order valence-corrected chi connectivity index (χ4v) is 9.56. The topological polar surface area (TPSA) is 209 Å². The number of hydrogen-bond donors (Lipinski definition) is 6. The number of ketones is 1. The van der Waals surface area contributed by atoms with Gasteiger partial charge in [0.1, 0.15) is 34.7 Å². The lowest BCUT2D eigenvalue weighted by molar-refractivity contribution is -0.160. The highest BCUT2D eigenvalue weighted by Crippen LogP contribution is 2.50. The van der Waals surface area contributed by atoms with Crippen molar-refractivity contribution in [2.24, 2.45) is 28.7 Å². The Morgan fingerprint density at radius 2 is 1.68 bits per heavy atom. The highest BCUT2D eigenvalue weighted by Gasteiger charge is 2.52. The summed E-state index contributed by atoms with van der Waals surface area (Å²) in [5.41, 5.74) is 0.508. The molecular formula is C42H54N4O10S. The Morgan fingerprint density at radius 3 is 2.33 bits per heavy atom. The molecule has 6 N–H and O–H groups in total. The summed E-state index contributed by atoms with van der Waals surface area (Å²) in [5, 5.41) is 50.4. The van der Waals surface area contributed by atoms with Crippen LogP contribution in [-0.2, 0) is 23.8 Å². The number of benzene rings is 1. The van der Waals surface area contributed by atoms with Gasteiger partial charge >= 0.3 is 5.97 Å². The third kappa shape index (κ3) is 7.54. The van der Waals surface area contributed by atoms with Crippen LogP contribution < -0.4 is 15.4 Å². The minimum atomic E-state index is -1.73. The van der Waals surface area contributed by atoms with Gasteiger partial charge in [0.15, 0.2) is 0 Å². The predicted octanol–water partition coefficient (Wildman–Crippen LogP) is 4.58. The van der Waals surface area contributed by atoms with Crippen LogP contribution in [0.3, 0.4) is 0 Å². The number of aromatic hydroxyl groups is 1. The van der Waals surface area contributed by atoms with E-state index in [1.54, 1.807) is 77.6 Å². The molecule has 5 bridgehead atoms. The number of Topliss-reactive ketones (excluding diaryl/α,β-unsaturated/α-hetero) is 1. The first-order valence-electron chi connectivity index (χ1n) is 19.4. The first-order chi connectivity index (χ1) is 26.9. The van der Waals surface area contributed by atoms with E-state index in [1.807, 2.05) is 6.92 Å². The van der Waals surface area contributed by atoms with Crippen molar-refractivity contribution in [2.45, 2.75) is 104 Å². The largest absolute Gasteiger partial charge is 0.507 e. The molecule has 1 amide bonds. The number of phenols is 1. The van der Waals surface area contributed by atoms with Gasteiger partial charge in [-0.2, -0.15) is 11.8 Å². The molecule has 308 valence electrons. The number of aliphatic imine (C=N–C) groups is 1. The molecule has 1 aliphatic carbocycles. The Morgan fingerprint density at radius 1 is 1.00 bits per heavy atom. The number of carbonyl (C=O) groups excluding carboxylic acids is 3. The molecule has 4 aliphatic heterocycles. The van der Waals surface area contributed by atoms with E-state index in [0.29, 0.717) is 24.3 Å². The number of nitrogens with one attached hydrogen (secondary N) is 3. The zero-order valence-electron chi connectivity index (χ0n) is 33.9. The van der Waals surface area contributed by atoms with Crippen LogP contribution >= 0.6 is 11.8 Å². The molecule has 0 radical (unpaired) electrons. The monoisotopic (exact) mass is 806 g/mol. The number of ether oxygens (including phenoxy) is 4. The molecule has 1 aromatic carbocycles. The number of hydrogen-bond acceptors (Lipinski definition) is 14. The van der Waals surface area contributed by atoms with E-state index in [-0.39, 0.29) is 50.7 Å². The van der Waals surface area contributed by atoms with Crippen LogP contribution in [0.2, 0.25) is 0 Å². The summed E-state index contributed by atoms with van der Waals surface area (Å²) in [5.74, 6) is -4.37. The third-order valence-corrected chi connectivity index (χ3v) is 13.0. The Kier molecular flexibility index (Phi) is 11.9. The fraction of sp³-hybridized carbons (Fsp3) is 0.548. The van der Waals surface area contributed by atoms with Gasteiger partial charge in [0.25, 0.3) is 11.7 Å². The maximum atomic E-state index is 14.6. The maximum Gasteiger partial charge on any atom is 0.302 e. The Bertz CT molecular complexity index is 2020. The van der Waals surface area contributed by atoms with E-state index in [0.717, 1.165) is 11.5 Å². The normalized spacial score (nSPS) is 34.9. The van der Waals surface area contributed by atoms with Crippen molar-refractivity contribution >= 4 is 40.8 Å². The summed E-state index contributed by atoms with van der Waals surface area (Å²) in [4.78, 5) is 45.9. The standard InChI is InChI=1S/C42H54N4O10S/c1-19-11-10-12-20(2)40(52)44-32-31-30(45-42(46-31)14-17-57-18-15-42)27-28(36(32)51)35(50)24(6)38-29(27)39(43)41(8,56-38)54-16-13-26(53-9)21(3)37(55-25(7)47)23(5)34(49)22(4)33(19)48/h10-13,16,19,21-23,26,33-34,37,43,46,48-50H,14-15,17-18H2,1-9H3,(H,44,52)/b11-10+,16-13+,20-12-,43-39?/t19-,21+,22+,23+,26-,33-,34+,37+,41-/m0/s1. The van der Waals surface area contributed by atoms with Gasteiger partial charge in [-0.3, -0.25) is 24.8 Å². The quantitative estimate of drug-likeness (QED) is 0.227. The Hall–Kier alpha value is -4.44. The second-order valence-corrected chi connectivity index (χ2v) is 17.2. The summed E-state index contributed by atoms with van der Waals surface area (Å²) >= 11 is 1.80. The van der Waals surface area contributed by atoms with Gasteiger partial charge < -0.3 is 44.9 Å². The van der Waals surface area contributed by atoms with Crippen molar-refractivity contribution in [1.29, 1.82) is 5.41 Å². The Balaban J connectivity index is 1.50. The van der Waals surface area contributed by atoms with E-state index >= 15 is 0 Å². The van der Waals surface area contributed by atoms with E-state index in [4.69, 9.17) is 23.9 Å². The van der Waals surface area contributed by atoms with Gasteiger partial charge in [-0.15, -0.1) is 0 Å². The lowest BCUT2D eigenvalue weighted by Crippen LogP contribution is -2.46. The number of esters is 1. The van der Waals surface area contributed by atoms with Gasteiger partial charge in [0.2, 0.25) is 5.78 Å². The molecule has 1 saturated heterocycles. The van der Waals surface area contributed by atoms with E-state index in [2.05, 4.69) is 10.6 Å². The summed E-state index contributed by atoms with van der Waals surface area (Å²) in [6, 6.07) is 0. The van der Waals surface area contributed by atoms with E-state index in [1.165, 1.54) is 20.3 Å². The first-order valence-corrected chi connectivity index (χ1v) is 20.5. The number of thioether (sulfide) groups is 1. The molecule has 1 spiro atoms. The van der Waals surface area contributed by atoms with E-state index < -0.39 is 77.2 Å². The van der Waals surface area contributed by atoms with Crippen molar-refractivity contribution in [3.63, 3.8) is 0 Å². The zero-order valence-corrected chi connectivity index (χ0v) is 34.7. The molecule has 1 fully saturated rings. The molecule has 4 heterocycles. The smallest absolute Gasteiger partial charge is 0.302 e. The third-order valence-electron chi connectivity index (χ3n) is 12.0. The van der Waals surface area contributed by atoms with Crippen LogP contribution in [0.1, 0.15) is 88.4 Å². The molecule has 57 heavy (non-hydrogen) atoms. The second-order valence-electron chi connectivity index (χ2n) is 16.0. The predicted molar refractivity (Wildman–Crippen MR) is 215 cm³/mol. The number of nitrogens with zero attached hydrogens (tertiary/aromatic N) is 1. The fourth-order valence-electron chi connectivity index (χ4n) is 8.39. The molecule has 0 unspecified atom stereocenters. The SMILES string of the molecule is CO[C@H]1/C=C/O[C@@]2(C)Oc3c(C)c(O)c4c(c3C2=N)C2=NC3(CCSCC3)NC2=C(NC(=O)/C(C)=C\C=C\[C@H](C)[C@H](O)[C@@H](C)[C@@H](O)[C@@H](C)[C@H](OC(C)=O)[C@@H]1C)C4=O. The van der Waals surface area contributed by atoms with Crippen LogP contribution in [0.15, 0.2) is 52.5 Å². The maximum absolute atomic E-state index is 14.6. The molecule has 0 aromatic heterocycles. The van der Waals surface area contributed by atoms with Gasteiger partial charge in [-0.1, -0.05) is 45.9 Å². The molecule has 0 saturated carbocycles. The van der Waals surface area contributed by atoms with Crippen LogP contribution in [0, 0.1) is 36.0 Å². The number of allylic oxidation sites excluding steroid dienone is 4. The van der Waals surface area contributed by atoms with Crippen molar-refractivity contribution < 1.29 is 48.7 Å². The number of aliphatic hydroxyl groups excluding tert-OH is 2. The summed E-state index contributed by atoms with van der Waals surface area (Å²) in [6.07, 6.45) is 5.47. The lowest BCUT2D eigenvalue weighted by atomic mass is 9.78. The van der Waals surface area contributed by atoms with Gasteiger partial charge in [0.05, 0.1) is 47.1 Å². The molecule has 15 heteroatoms. The van der Waals surface area contributed by atoms with Crippen molar-refractivity contribution in [3.05, 3.63) is 69.8 Å². The first kappa shape index (κ1) is 42.2. The summed E-state index contributed by atoms with van der Waals surface area (Å²) in [7, 11) is 1.49. The van der Waals surface area contributed by atoms with E-state index in [9.17, 15) is 35.1 Å². The highest BCUT2D eigenvalue weighted by atomic mass is 32.2. The van der Waals surface area contributed by atoms with Crippen LogP contribution in [0.25, 0.3) is 0 Å². The molecule has 14 nitrogen and oxygen atoms in total. The van der Waals surface area contributed by atoms with Crippen LogP contribution in [-0.4, -0.2) is 98.9 Å². The van der Waals surface area contributed by atoms with Crippen LogP contribution in [0.5, 0.6) is 11.5 Å². The summed E-state index contributed by atoms with van der Waals surface area (Å²) in [6.45, 7) is 13.1. The Labute approximate surface area is 337 Å². The second kappa shape index (κ2) is 16.1. The minimum Gasteiger partial charge on any atom is -0.507 e. The van der Waals surface area contributed by atoms with Crippen LogP contribution in [0.4, 0.5) is 0 Å². The van der Waals surface area contributed by atoms with Crippen molar-refractivity contribution in [2.75, 3.05) is 18.6 Å². The number of carbonyl (C=O) groups is 3. The average Bonchev–Trinajstić information content (AvgIpc) is 3.67. The highest BCUT2D eigenvalue weighted by molar-refractivity contribution is 7.99. The average molecular weight is 807 g/mol. The molecule has 5 aliphatic rings. The van der Waals surface area contributed by atoms with Gasteiger partial charge in [0, 0.05) is 61.3 Å². The number of amides is 1. The number of rotatable bonds is 2. The minimum absolute atomic E-state index is 0.0675. The zero-order chi connectivity index (χ0) is 41.7. The molecule has 9 atom stereocenters. The molecular weight excluding hydrogens is 753 g/mol. The summed E-state index contributed by atoms with van der Waals surface area (Å²) < 4.78 is 24.1. The lowest BCUT2D eigenvalue weighted by Gasteiger charge is -2.38. The number of fused-ring (bicyclic) bond motifs is 3. The van der Waals surface area contributed by atoms with Crippen molar-refractivity contribution in [1.82, 2.24) is 10.6 Å². The molecule has 6 rings (SSSR count). The number of aliphatic hydroxyl groups is 2. The number of phenolic OH excluding ortho intramolecular Hbond substituents is 1.